The monoisotopic (exact) mass is 365 g/mol. The quantitative estimate of drug-likeness (QED) is 0.575. The van der Waals surface area contributed by atoms with Crippen molar-refractivity contribution in [3.63, 3.8) is 0 Å². The minimum absolute atomic E-state index is 0.102. The van der Waals surface area contributed by atoms with Crippen LogP contribution in [-0.2, 0) is 15.3 Å². The number of rotatable bonds is 7. The zero-order chi connectivity index (χ0) is 18.6. The summed E-state index contributed by atoms with van der Waals surface area (Å²) in [4.78, 5) is 4.71. The van der Waals surface area contributed by atoms with Crippen LogP contribution in [0.1, 0.15) is 46.1 Å². The first kappa shape index (κ1) is 19.8. The molecule has 1 aromatic carbocycles. The summed E-state index contributed by atoms with van der Waals surface area (Å²) in [5.41, 5.74) is 1.49. The van der Waals surface area contributed by atoms with Gasteiger partial charge in [0.25, 0.3) is 0 Å². The molecule has 1 aliphatic rings. The number of benzene rings is 1. The van der Waals surface area contributed by atoms with E-state index in [1.54, 1.807) is 20.8 Å². The summed E-state index contributed by atoms with van der Waals surface area (Å²) < 4.78 is 23.7. The summed E-state index contributed by atoms with van der Waals surface area (Å²) in [5.74, 6) is 0.791. The van der Waals surface area contributed by atoms with Crippen LogP contribution in [0.3, 0.4) is 0 Å². The van der Waals surface area contributed by atoms with Crippen molar-refractivity contribution in [2.45, 2.75) is 50.7 Å². The van der Waals surface area contributed by atoms with Crippen molar-refractivity contribution in [3.05, 3.63) is 35.9 Å². The second-order valence-corrected chi connectivity index (χ2v) is 10.6. The molecule has 5 nitrogen and oxygen atoms in total. The first-order valence-corrected chi connectivity index (χ1v) is 10.7. The fraction of sp³-hybridized carbons (Fsp3) is 0.632. The highest BCUT2D eigenvalue weighted by atomic mass is 32.2. The van der Waals surface area contributed by atoms with Crippen LogP contribution in [0.25, 0.3) is 0 Å². The predicted molar refractivity (Wildman–Crippen MR) is 105 cm³/mol. The summed E-state index contributed by atoms with van der Waals surface area (Å²) in [6, 6.07) is 10.5. The molecule has 1 aliphatic carbocycles. The molecule has 0 atom stereocenters. The van der Waals surface area contributed by atoms with Gasteiger partial charge in [0, 0.05) is 18.5 Å². The molecule has 2 rings (SSSR count). The Hall–Kier alpha value is -1.56. The minimum atomic E-state index is -3.13. The predicted octanol–water partition coefficient (Wildman–Crippen LogP) is 2.49. The molecule has 0 saturated heterocycles. The van der Waals surface area contributed by atoms with E-state index in [0.29, 0.717) is 12.5 Å². The molecule has 1 aromatic rings. The second-order valence-electron chi connectivity index (χ2n) is 7.70. The summed E-state index contributed by atoms with van der Waals surface area (Å²) in [6.07, 6.45) is 2.30. The van der Waals surface area contributed by atoms with Crippen molar-refractivity contribution < 1.29 is 8.42 Å². The zero-order valence-electron chi connectivity index (χ0n) is 15.8. The third-order valence-electron chi connectivity index (χ3n) is 4.72. The number of aliphatic imine (C=N–C) groups is 1. The highest BCUT2D eigenvalue weighted by Crippen LogP contribution is 2.48. The Morgan fingerprint density at radius 2 is 1.80 bits per heavy atom. The summed E-state index contributed by atoms with van der Waals surface area (Å²) >= 11 is 0. The summed E-state index contributed by atoms with van der Waals surface area (Å²) in [7, 11) is -3.13. The van der Waals surface area contributed by atoms with Gasteiger partial charge in [0.15, 0.2) is 15.8 Å². The van der Waals surface area contributed by atoms with Gasteiger partial charge in [-0.2, -0.15) is 0 Å². The molecular formula is C19H31N3O2S. The molecule has 0 radical (unpaired) electrons. The molecule has 2 N–H and O–H groups in total. The molecule has 0 spiro atoms. The Bertz CT molecular complexity index is 687. The number of nitrogens with one attached hydrogen (secondary N) is 2. The van der Waals surface area contributed by atoms with Gasteiger partial charge < -0.3 is 10.6 Å². The number of guanidine groups is 1. The molecule has 1 fully saturated rings. The van der Waals surface area contributed by atoms with Crippen molar-refractivity contribution in [1.82, 2.24) is 10.6 Å². The van der Waals surface area contributed by atoms with E-state index >= 15 is 0 Å². The van der Waals surface area contributed by atoms with E-state index in [0.717, 1.165) is 25.9 Å². The molecule has 0 heterocycles. The summed E-state index contributed by atoms with van der Waals surface area (Å²) in [5, 5.41) is 6.36. The van der Waals surface area contributed by atoms with E-state index < -0.39 is 14.6 Å². The smallest absolute Gasteiger partial charge is 0.191 e. The van der Waals surface area contributed by atoms with Crippen LogP contribution in [0.2, 0.25) is 0 Å². The van der Waals surface area contributed by atoms with E-state index in [1.807, 2.05) is 13.0 Å². The maximum atomic E-state index is 12.2. The molecule has 0 aromatic heterocycles. The fourth-order valence-electron chi connectivity index (χ4n) is 2.66. The lowest BCUT2D eigenvalue weighted by Gasteiger charge is -2.20. The van der Waals surface area contributed by atoms with Crippen LogP contribution < -0.4 is 10.6 Å². The molecular weight excluding hydrogens is 334 g/mol. The van der Waals surface area contributed by atoms with Gasteiger partial charge in [0.2, 0.25) is 0 Å². The van der Waals surface area contributed by atoms with Crippen LogP contribution in [0.5, 0.6) is 0 Å². The molecule has 0 amide bonds. The Kier molecular flexibility index (Phi) is 6.14. The fourth-order valence-corrected chi connectivity index (χ4v) is 3.65. The van der Waals surface area contributed by atoms with Gasteiger partial charge in [-0.1, -0.05) is 30.3 Å². The van der Waals surface area contributed by atoms with Crippen LogP contribution in [0, 0.1) is 0 Å². The number of sulfone groups is 1. The lowest BCUT2D eigenvalue weighted by atomic mass is 9.96. The number of hydrogen-bond acceptors (Lipinski definition) is 3. The zero-order valence-corrected chi connectivity index (χ0v) is 16.6. The van der Waals surface area contributed by atoms with Crippen LogP contribution >= 0.6 is 0 Å². The molecule has 0 unspecified atom stereocenters. The minimum Gasteiger partial charge on any atom is -0.357 e. The van der Waals surface area contributed by atoms with Gasteiger partial charge >= 0.3 is 0 Å². The highest BCUT2D eigenvalue weighted by Gasteiger charge is 2.44. The van der Waals surface area contributed by atoms with E-state index in [2.05, 4.69) is 34.9 Å². The molecule has 6 heteroatoms. The Balaban J connectivity index is 1.96. The van der Waals surface area contributed by atoms with E-state index in [4.69, 9.17) is 4.99 Å². The molecule has 0 bridgehead atoms. The number of nitrogens with zero attached hydrogens (tertiary/aromatic N) is 1. The van der Waals surface area contributed by atoms with Gasteiger partial charge in [0.1, 0.15) is 0 Å². The van der Waals surface area contributed by atoms with Gasteiger partial charge in [-0.3, -0.25) is 4.99 Å². The topological polar surface area (TPSA) is 70.6 Å². The third-order valence-corrected chi connectivity index (χ3v) is 7.33. The summed E-state index contributed by atoms with van der Waals surface area (Å²) in [6.45, 7) is 9.04. The molecule has 140 valence electrons. The second kappa shape index (κ2) is 7.77. The van der Waals surface area contributed by atoms with Crippen molar-refractivity contribution in [2.75, 3.05) is 25.4 Å². The van der Waals surface area contributed by atoms with E-state index in [1.165, 1.54) is 5.56 Å². The average Bonchev–Trinajstić information content (AvgIpc) is 3.33. The van der Waals surface area contributed by atoms with Crippen LogP contribution in [0.15, 0.2) is 35.3 Å². The van der Waals surface area contributed by atoms with Gasteiger partial charge in [-0.05, 0) is 46.1 Å². The standard InChI is InChI=1S/C19H31N3O2S/c1-5-20-17(21-13-14-25(23,24)18(2,3)4)22-15-19(11-12-19)16-9-7-6-8-10-16/h6-10H,5,11-15H2,1-4H3,(H2,20,21,22). The maximum absolute atomic E-state index is 12.2. The third kappa shape index (κ3) is 5.21. The van der Waals surface area contributed by atoms with Crippen molar-refractivity contribution in [1.29, 1.82) is 0 Å². The highest BCUT2D eigenvalue weighted by molar-refractivity contribution is 7.92. The average molecular weight is 366 g/mol. The first-order valence-electron chi connectivity index (χ1n) is 9.00. The van der Waals surface area contributed by atoms with Crippen molar-refractivity contribution in [3.8, 4) is 0 Å². The van der Waals surface area contributed by atoms with Gasteiger partial charge in [-0.15, -0.1) is 0 Å². The first-order chi connectivity index (χ1) is 11.7. The Morgan fingerprint density at radius 3 is 2.32 bits per heavy atom. The Labute approximate surface area is 152 Å². The van der Waals surface area contributed by atoms with Gasteiger partial charge in [-0.25, -0.2) is 8.42 Å². The molecule has 1 saturated carbocycles. The lowest BCUT2D eigenvalue weighted by molar-refractivity contribution is 0.559. The van der Waals surface area contributed by atoms with Gasteiger partial charge in [0.05, 0.1) is 17.0 Å². The SMILES string of the molecule is CCNC(=NCC1(c2ccccc2)CC1)NCCS(=O)(=O)C(C)(C)C. The van der Waals surface area contributed by atoms with Crippen LogP contribution in [0.4, 0.5) is 0 Å². The largest absolute Gasteiger partial charge is 0.357 e. The lowest BCUT2D eigenvalue weighted by Crippen LogP contribution is -2.42. The van der Waals surface area contributed by atoms with E-state index in [9.17, 15) is 8.42 Å². The molecule has 0 aliphatic heterocycles. The molecule has 25 heavy (non-hydrogen) atoms. The normalized spacial score (nSPS) is 17.2. The van der Waals surface area contributed by atoms with Crippen LogP contribution in [-0.4, -0.2) is 44.5 Å². The number of hydrogen-bond donors (Lipinski definition) is 2. The van der Waals surface area contributed by atoms with Crippen molar-refractivity contribution >= 4 is 15.8 Å². The maximum Gasteiger partial charge on any atom is 0.191 e. The van der Waals surface area contributed by atoms with E-state index in [-0.39, 0.29) is 11.2 Å². The Morgan fingerprint density at radius 1 is 1.16 bits per heavy atom. The van der Waals surface area contributed by atoms with Crippen molar-refractivity contribution in [2.24, 2.45) is 4.99 Å².